The van der Waals surface area contributed by atoms with Crippen LogP contribution in [-0.2, 0) is 14.3 Å². The SMILES string of the molecule is [N-]=[N+]=NCCOCCNC(=O)CCCC(=O)O. The maximum atomic E-state index is 11.1. The fourth-order valence-electron chi connectivity index (χ4n) is 1.00. The largest absolute Gasteiger partial charge is 0.481 e. The molecule has 0 radical (unpaired) electrons. The maximum Gasteiger partial charge on any atom is 0.303 e. The van der Waals surface area contributed by atoms with Gasteiger partial charge in [0.1, 0.15) is 0 Å². The average Bonchev–Trinajstić information content (AvgIpc) is 2.27. The van der Waals surface area contributed by atoms with Gasteiger partial charge in [-0.05, 0) is 12.0 Å². The summed E-state index contributed by atoms with van der Waals surface area (Å²) in [5.74, 6) is -1.09. The highest BCUT2D eigenvalue weighted by Crippen LogP contribution is 1.94. The number of hydrogen-bond acceptors (Lipinski definition) is 4. The number of nitrogens with zero attached hydrogens (tertiary/aromatic N) is 3. The Balaban J connectivity index is 3.27. The van der Waals surface area contributed by atoms with Crippen molar-refractivity contribution in [1.29, 1.82) is 0 Å². The third-order valence-electron chi connectivity index (χ3n) is 1.76. The van der Waals surface area contributed by atoms with Crippen LogP contribution in [0.1, 0.15) is 19.3 Å². The van der Waals surface area contributed by atoms with Crippen LogP contribution in [0, 0.1) is 0 Å². The number of hydrogen-bond donors (Lipinski definition) is 2. The second-order valence-corrected chi connectivity index (χ2v) is 3.16. The molecule has 1 amide bonds. The molecule has 0 fully saturated rings. The van der Waals surface area contributed by atoms with Gasteiger partial charge in [0.25, 0.3) is 0 Å². The van der Waals surface area contributed by atoms with E-state index < -0.39 is 5.97 Å². The molecular weight excluding hydrogens is 228 g/mol. The molecule has 0 unspecified atom stereocenters. The molecule has 0 heterocycles. The number of carbonyl (C=O) groups excluding carboxylic acids is 1. The summed E-state index contributed by atoms with van der Waals surface area (Å²) in [7, 11) is 0. The lowest BCUT2D eigenvalue weighted by Gasteiger charge is -2.04. The lowest BCUT2D eigenvalue weighted by molar-refractivity contribution is -0.137. The van der Waals surface area contributed by atoms with E-state index in [1.807, 2.05) is 0 Å². The Morgan fingerprint density at radius 1 is 1.35 bits per heavy atom. The Hall–Kier alpha value is -1.79. The van der Waals surface area contributed by atoms with Crippen molar-refractivity contribution in [3.8, 4) is 0 Å². The highest BCUT2D eigenvalue weighted by molar-refractivity contribution is 5.76. The molecule has 0 aliphatic rings. The van der Waals surface area contributed by atoms with Gasteiger partial charge in [-0.3, -0.25) is 9.59 Å². The van der Waals surface area contributed by atoms with Gasteiger partial charge in [0, 0.05) is 30.8 Å². The van der Waals surface area contributed by atoms with Gasteiger partial charge in [-0.25, -0.2) is 0 Å². The summed E-state index contributed by atoms with van der Waals surface area (Å²) in [5.41, 5.74) is 7.97. The van der Waals surface area contributed by atoms with Crippen LogP contribution in [0.3, 0.4) is 0 Å². The van der Waals surface area contributed by atoms with Gasteiger partial charge in [-0.2, -0.15) is 0 Å². The van der Waals surface area contributed by atoms with Crippen molar-refractivity contribution >= 4 is 11.9 Å². The summed E-state index contributed by atoms with van der Waals surface area (Å²) in [6.45, 7) is 1.29. The number of amides is 1. The molecule has 8 nitrogen and oxygen atoms in total. The molecule has 0 saturated heterocycles. The van der Waals surface area contributed by atoms with Crippen molar-refractivity contribution in [3.05, 3.63) is 10.4 Å². The highest BCUT2D eigenvalue weighted by atomic mass is 16.5. The minimum Gasteiger partial charge on any atom is -0.481 e. The number of carboxylic acid groups (broad SMARTS) is 1. The summed E-state index contributed by atoms with van der Waals surface area (Å²) in [6, 6.07) is 0. The maximum absolute atomic E-state index is 11.1. The van der Waals surface area contributed by atoms with Gasteiger partial charge in [-0.15, -0.1) is 0 Å². The number of aliphatic carboxylic acids is 1. The number of carboxylic acids is 1. The van der Waals surface area contributed by atoms with Crippen LogP contribution in [0.5, 0.6) is 0 Å². The van der Waals surface area contributed by atoms with Crippen LogP contribution in [0.4, 0.5) is 0 Å². The van der Waals surface area contributed by atoms with Crippen molar-refractivity contribution in [2.45, 2.75) is 19.3 Å². The third kappa shape index (κ3) is 12.1. The quantitative estimate of drug-likeness (QED) is 0.254. The predicted molar refractivity (Wildman–Crippen MR) is 59.3 cm³/mol. The molecule has 0 aliphatic carbocycles. The molecule has 0 bridgehead atoms. The van der Waals surface area contributed by atoms with Gasteiger partial charge in [0.05, 0.1) is 13.2 Å². The number of rotatable bonds is 10. The zero-order valence-electron chi connectivity index (χ0n) is 9.46. The fourth-order valence-corrected chi connectivity index (χ4v) is 1.00. The Kier molecular flexibility index (Phi) is 9.59. The average molecular weight is 244 g/mol. The first-order valence-corrected chi connectivity index (χ1v) is 5.24. The molecule has 96 valence electrons. The molecule has 0 saturated carbocycles. The first-order chi connectivity index (χ1) is 8.16. The molecule has 0 aromatic heterocycles. The van der Waals surface area contributed by atoms with E-state index in [4.69, 9.17) is 15.4 Å². The van der Waals surface area contributed by atoms with Gasteiger partial charge < -0.3 is 15.2 Å². The lowest BCUT2D eigenvalue weighted by atomic mass is 10.2. The standard InChI is InChI=1S/C9H16N4O4/c10-13-12-5-7-17-6-4-11-8(14)2-1-3-9(15)16/h1-7H2,(H,11,14)(H,15,16). The van der Waals surface area contributed by atoms with Crippen molar-refractivity contribution in [2.24, 2.45) is 5.11 Å². The van der Waals surface area contributed by atoms with Crippen LogP contribution in [0.25, 0.3) is 10.4 Å². The van der Waals surface area contributed by atoms with Crippen LogP contribution >= 0.6 is 0 Å². The molecule has 0 atom stereocenters. The van der Waals surface area contributed by atoms with E-state index in [0.717, 1.165) is 0 Å². The Bertz CT molecular complexity index is 289. The molecule has 17 heavy (non-hydrogen) atoms. The van der Waals surface area contributed by atoms with Crippen LogP contribution in [-0.4, -0.2) is 43.3 Å². The first-order valence-electron chi connectivity index (χ1n) is 5.24. The number of carbonyl (C=O) groups is 2. The molecule has 0 aliphatic heterocycles. The number of azide groups is 1. The number of nitrogens with one attached hydrogen (secondary N) is 1. The zero-order valence-corrected chi connectivity index (χ0v) is 9.46. The van der Waals surface area contributed by atoms with E-state index >= 15 is 0 Å². The molecule has 0 aromatic rings. The predicted octanol–water partition coefficient (Wildman–Crippen LogP) is 0.684. The van der Waals surface area contributed by atoms with Crippen molar-refractivity contribution in [3.63, 3.8) is 0 Å². The van der Waals surface area contributed by atoms with E-state index in [-0.39, 0.29) is 25.3 Å². The molecular formula is C9H16N4O4. The van der Waals surface area contributed by atoms with Gasteiger partial charge >= 0.3 is 5.97 Å². The van der Waals surface area contributed by atoms with Crippen molar-refractivity contribution in [2.75, 3.05) is 26.3 Å². The van der Waals surface area contributed by atoms with Crippen LogP contribution in [0.2, 0.25) is 0 Å². The smallest absolute Gasteiger partial charge is 0.303 e. The van der Waals surface area contributed by atoms with Gasteiger partial charge in [0.15, 0.2) is 0 Å². The van der Waals surface area contributed by atoms with Crippen molar-refractivity contribution < 1.29 is 19.4 Å². The fraction of sp³-hybridized carbons (Fsp3) is 0.778. The van der Waals surface area contributed by atoms with E-state index in [2.05, 4.69) is 15.3 Å². The molecule has 0 rings (SSSR count). The summed E-state index contributed by atoms with van der Waals surface area (Å²) >= 11 is 0. The number of ether oxygens (including phenoxy) is 1. The molecule has 0 spiro atoms. The van der Waals surface area contributed by atoms with E-state index in [0.29, 0.717) is 26.2 Å². The van der Waals surface area contributed by atoms with Gasteiger partial charge in [0.2, 0.25) is 5.91 Å². The zero-order chi connectivity index (χ0) is 12.9. The first kappa shape index (κ1) is 15.2. The Morgan fingerprint density at radius 2 is 2.12 bits per heavy atom. The Labute approximate surface area is 98.6 Å². The topological polar surface area (TPSA) is 124 Å². The molecule has 2 N–H and O–H groups in total. The normalized spacial score (nSPS) is 9.41. The van der Waals surface area contributed by atoms with E-state index in [9.17, 15) is 9.59 Å². The van der Waals surface area contributed by atoms with Crippen LogP contribution < -0.4 is 5.32 Å². The summed E-state index contributed by atoms with van der Waals surface area (Å²) in [4.78, 5) is 23.9. The second-order valence-electron chi connectivity index (χ2n) is 3.16. The summed E-state index contributed by atoms with van der Waals surface area (Å²) in [5, 5.41) is 14.2. The summed E-state index contributed by atoms with van der Waals surface area (Å²) < 4.78 is 5.06. The lowest BCUT2D eigenvalue weighted by Crippen LogP contribution is -2.27. The molecule has 8 heteroatoms. The third-order valence-corrected chi connectivity index (χ3v) is 1.76. The van der Waals surface area contributed by atoms with Crippen LogP contribution in [0.15, 0.2) is 5.11 Å². The monoisotopic (exact) mass is 244 g/mol. The van der Waals surface area contributed by atoms with E-state index in [1.165, 1.54) is 0 Å². The Morgan fingerprint density at radius 3 is 2.76 bits per heavy atom. The second kappa shape index (κ2) is 10.7. The highest BCUT2D eigenvalue weighted by Gasteiger charge is 2.02. The minimum absolute atomic E-state index is 0.00389. The minimum atomic E-state index is -0.904. The van der Waals surface area contributed by atoms with Gasteiger partial charge in [-0.1, -0.05) is 5.11 Å². The van der Waals surface area contributed by atoms with E-state index in [1.54, 1.807) is 0 Å². The molecule has 0 aromatic carbocycles. The van der Waals surface area contributed by atoms with Crippen molar-refractivity contribution in [1.82, 2.24) is 5.32 Å². The summed E-state index contributed by atoms with van der Waals surface area (Å²) in [6.07, 6.45) is 0.528.